The highest BCUT2D eigenvalue weighted by molar-refractivity contribution is 5.98. The van der Waals surface area contributed by atoms with Gasteiger partial charge in [-0.2, -0.15) is 0 Å². The molecule has 2 amide bonds. The molecule has 6 atom stereocenters. The van der Waals surface area contributed by atoms with Gasteiger partial charge in [-0.15, -0.1) is 0 Å². The van der Waals surface area contributed by atoms with Gasteiger partial charge in [-0.3, -0.25) is 19.3 Å². The van der Waals surface area contributed by atoms with Crippen LogP contribution in [-0.4, -0.2) is 99.8 Å². The van der Waals surface area contributed by atoms with Crippen LogP contribution in [0.1, 0.15) is 181 Å². The van der Waals surface area contributed by atoms with Gasteiger partial charge < -0.3 is 29.9 Å². The van der Waals surface area contributed by atoms with Crippen LogP contribution in [0, 0.1) is 0 Å². The molecule has 50 heavy (non-hydrogen) atoms. The van der Waals surface area contributed by atoms with Crippen LogP contribution in [0.15, 0.2) is 0 Å². The average Bonchev–Trinajstić information content (AvgIpc) is 3.11. The molecule has 0 aromatic rings. The number of hydrogen-bond donors (Lipinski definition) is 4. The molecule has 1 aliphatic rings. The Balaban J connectivity index is 2.62. The van der Waals surface area contributed by atoms with Crippen molar-refractivity contribution in [3.63, 3.8) is 0 Å². The summed E-state index contributed by atoms with van der Waals surface area (Å²) in [5.74, 6) is -2.01. The van der Waals surface area contributed by atoms with Gasteiger partial charge >= 0.3 is 0 Å². The minimum absolute atomic E-state index is 0.147. The molecule has 0 radical (unpaired) electrons. The molecule has 0 aromatic heterocycles. The van der Waals surface area contributed by atoms with Gasteiger partial charge in [0, 0.05) is 20.1 Å². The minimum Gasteiger partial charge on any atom is -0.387 e. The van der Waals surface area contributed by atoms with Crippen LogP contribution in [0.4, 0.5) is 0 Å². The molecule has 1 saturated heterocycles. The number of imide groups is 1. The number of amides is 2. The lowest BCUT2D eigenvalue weighted by molar-refractivity contribution is -0.240. The summed E-state index contributed by atoms with van der Waals surface area (Å²) >= 11 is 0. The van der Waals surface area contributed by atoms with Crippen molar-refractivity contribution in [3.05, 3.63) is 0 Å². The number of carbonyl (C=O) groups excluding carboxylic acids is 3. The minimum atomic E-state index is -1.89. The summed E-state index contributed by atoms with van der Waals surface area (Å²) in [4.78, 5) is 40.6. The molecule has 0 aromatic carbocycles. The van der Waals surface area contributed by atoms with E-state index in [4.69, 9.17) is 9.47 Å². The van der Waals surface area contributed by atoms with E-state index in [0.717, 1.165) is 43.4 Å². The number of hydrogen-bond acceptors (Lipinski definition) is 9. The van der Waals surface area contributed by atoms with E-state index in [1.165, 1.54) is 116 Å². The smallest absolute Gasteiger partial charge is 0.261 e. The lowest BCUT2D eigenvalue weighted by Crippen LogP contribution is -2.65. The summed E-state index contributed by atoms with van der Waals surface area (Å²) < 4.78 is 10.4. The number of aliphatic hydroxyl groups is 4. The van der Waals surface area contributed by atoms with Gasteiger partial charge in [-0.25, -0.2) is 0 Å². The van der Waals surface area contributed by atoms with Crippen molar-refractivity contribution in [1.29, 1.82) is 0 Å². The Labute approximate surface area is 304 Å². The van der Waals surface area contributed by atoms with Crippen molar-refractivity contribution in [2.45, 2.75) is 217 Å². The Morgan fingerprint density at radius 3 is 1.42 bits per heavy atom. The number of aliphatic hydroxyl groups excluding tert-OH is 4. The van der Waals surface area contributed by atoms with E-state index in [0.29, 0.717) is 12.8 Å². The van der Waals surface area contributed by atoms with Gasteiger partial charge in [0.15, 0.2) is 11.9 Å². The van der Waals surface area contributed by atoms with Crippen LogP contribution >= 0.6 is 0 Å². The molecule has 1 aliphatic heterocycles. The number of Topliss-reactive ketones (excluding diaryl/α,β-unsaturated/α-hetero) is 1. The molecule has 0 spiro atoms. The molecule has 294 valence electrons. The largest absolute Gasteiger partial charge is 0.387 e. The first kappa shape index (κ1) is 46.6. The first-order valence-electron chi connectivity index (χ1n) is 20.4. The fourth-order valence-corrected chi connectivity index (χ4v) is 6.83. The summed E-state index contributed by atoms with van der Waals surface area (Å²) in [5, 5.41) is 42.2. The predicted octanol–water partition coefficient (Wildman–Crippen LogP) is 6.95. The first-order chi connectivity index (χ1) is 24.2. The number of unbranched alkanes of at least 4 members (excludes halogenated alkanes) is 23. The van der Waals surface area contributed by atoms with E-state index in [9.17, 15) is 34.8 Å². The maximum Gasteiger partial charge on any atom is 0.261 e. The standard InChI is InChI=1S/C40H75NO9/c1-4-6-8-10-12-14-15-16-17-18-19-20-22-24-26-28-30-41(33(43)29-27-25-23-21-13-11-9-7-5-2)40(48)39-37(47)35(45)36(46)38(50-39)34(44)32(42)31-49-3/h34-39,44-47H,4-31H2,1-3H3/t34?,35-,36-,37+,38+,39+/m0/s1. The summed E-state index contributed by atoms with van der Waals surface area (Å²) in [6.45, 7) is 4.13. The van der Waals surface area contributed by atoms with Gasteiger partial charge in [0.1, 0.15) is 37.1 Å². The van der Waals surface area contributed by atoms with E-state index < -0.39 is 54.9 Å². The highest BCUT2D eigenvalue weighted by Gasteiger charge is 2.51. The van der Waals surface area contributed by atoms with Crippen molar-refractivity contribution < 1.29 is 44.3 Å². The third-order valence-electron chi connectivity index (χ3n) is 10.1. The van der Waals surface area contributed by atoms with Crippen LogP contribution in [-0.2, 0) is 23.9 Å². The van der Waals surface area contributed by atoms with Gasteiger partial charge in [0.05, 0.1) is 0 Å². The quantitative estimate of drug-likeness (QED) is 0.0543. The maximum atomic E-state index is 13.8. The normalized spacial score (nSPS) is 21.3. The third kappa shape index (κ3) is 19.4. The van der Waals surface area contributed by atoms with Crippen LogP contribution in [0.2, 0.25) is 0 Å². The van der Waals surface area contributed by atoms with Crippen LogP contribution in [0.5, 0.6) is 0 Å². The Kier molecular flexibility index (Phi) is 28.0. The van der Waals surface area contributed by atoms with Crippen molar-refractivity contribution in [3.8, 4) is 0 Å². The fourth-order valence-electron chi connectivity index (χ4n) is 6.83. The molecule has 10 nitrogen and oxygen atoms in total. The monoisotopic (exact) mass is 714 g/mol. The van der Waals surface area contributed by atoms with Crippen molar-refractivity contribution in [1.82, 2.24) is 4.90 Å². The number of nitrogens with zero attached hydrogens (tertiary/aromatic N) is 1. The highest BCUT2D eigenvalue weighted by atomic mass is 16.6. The number of ketones is 1. The Hall–Kier alpha value is -1.43. The maximum absolute atomic E-state index is 13.8. The van der Waals surface area contributed by atoms with E-state index in [-0.39, 0.29) is 18.9 Å². The number of carbonyl (C=O) groups is 3. The summed E-state index contributed by atoms with van der Waals surface area (Å²) in [6, 6.07) is 0. The Morgan fingerprint density at radius 1 is 0.600 bits per heavy atom. The summed E-state index contributed by atoms with van der Waals surface area (Å²) in [7, 11) is 1.27. The second kappa shape index (κ2) is 30.1. The van der Waals surface area contributed by atoms with Crippen LogP contribution in [0.3, 0.4) is 0 Å². The Morgan fingerprint density at radius 2 is 1.00 bits per heavy atom. The molecule has 1 fully saturated rings. The second-order valence-electron chi connectivity index (χ2n) is 14.6. The van der Waals surface area contributed by atoms with E-state index in [1.807, 2.05) is 0 Å². The Bertz CT molecular complexity index is 872. The number of rotatable bonds is 32. The van der Waals surface area contributed by atoms with Crippen LogP contribution in [0.25, 0.3) is 0 Å². The molecule has 1 heterocycles. The fraction of sp³-hybridized carbons (Fsp3) is 0.925. The zero-order valence-corrected chi connectivity index (χ0v) is 32.0. The first-order valence-corrected chi connectivity index (χ1v) is 20.4. The van der Waals surface area contributed by atoms with Crippen molar-refractivity contribution in [2.24, 2.45) is 0 Å². The molecular weight excluding hydrogens is 638 g/mol. The molecule has 4 N–H and O–H groups in total. The summed E-state index contributed by atoms with van der Waals surface area (Å²) in [5.41, 5.74) is 0. The van der Waals surface area contributed by atoms with Gasteiger partial charge in [-0.1, -0.05) is 162 Å². The van der Waals surface area contributed by atoms with E-state index >= 15 is 0 Å². The van der Waals surface area contributed by atoms with Gasteiger partial charge in [0.25, 0.3) is 5.91 Å². The lowest BCUT2D eigenvalue weighted by Gasteiger charge is -2.42. The second-order valence-corrected chi connectivity index (χ2v) is 14.6. The van der Waals surface area contributed by atoms with Gasteiger partial charge in [0.2, 0.25) is 5.91 Å². The average molecular weight is 714 g/mol. The van der Waals surface area contributed by atoms with Crippen molar-refractivity contribution in [2.75, 3.05) is 20.3 Å². The lowest BCUT2D eigenvalue weighted by atomic mass is 9.90. The van der Waals surface area contributed by atoms with E-state index in [2.05, 4.69) is 13.8 Å². The molecular formula is C40H75NO9. The van der Waals surface area contributed by atoms with Gasteiger partial charge in [-0.05, 0) is 12.8 Å². The van der Waals surface area contributed by atoms with Crippen LogP contribution < -0.4 is 0 Å². The molecule has 0 aliphatic carbocycles. The molecule has 10 heteroatoms. The number of ether oxygens (including phenoxy) is 2. The van der Waals surface area contributed by atoms with E-state index in [1.54, 1.807) is 0 Å². The zero-order valence-electron chi connectivity index (χ0n) is 32.0. The van der Waals surface area contributed by atoms with Crippen molar-refractivity contribution >= 4 is 17.6 Å². The zero-order chi connectivity index (χ0) is 37.0. The SMILES string of the molecule is CCCCCCCCCCCCCCCCCCN(C(=O)CCCCCCCCCCC)C(=O)[C@@H]1O[C@H](C(O)C(=O)COC)[C@@H](O)[C@H](O)[C@H]1O. The molecule has 0 bridgehead atoms. The topological polar surface area (TPSA) is 154 Å². The molecule has 1 unspecified atom stereocenters. The highest BCUT2D eigenvalue weighted by Crippen LogP contribution is 2.26. The third-order valence-corrected chi connectivity index (χ3v) is 10.1. The molecule has 0 saturated carbocycles. The summed E-state index contributed by atoms with van der Waals surface area (Å²) in [6.07, 6.45) is 18.4. The predicted molar refractivity (Wildman–Crippen MR) is 198 cm³/mol. The number of methoxy groups -OCH3 is 1. The molecule has 1 rings (SSSR count).